The minimum absolute atomic E-state index is 0.00251. The molecule has 6 nitrogen and oxygen atoms in total. The van der Waals surface area contributed by atoms with Gasteiger partial charge in [0, 0.05) is 6.42 Å². The molecule has 0 unspecified atom stereocenters. The number of nitrogens with one attached hydrogen (secondary N) is 1. The quantitative estimate of drug-likeness (QED) is 0.632. The predicted octanol–water partition coefficient (Wildman–Crippen LogP) is 3.83. The monoisotopic (exact) mass is 354 g/mol. The van der Waals surface area contributed by atoms with Crippen molar-refractivity contribution in [3.63, 3.8) is 0 Å². The minimum atomic E-state index is -0.00251. The molecular weight excluding hydrogens is 336 g/mol. The molecule has 1 N–H and O–H groups in total. The standard InChI is InChI=1S/C15H19ClN4O2S/c1-5-13-18-19-15(23)20(13)17-8-10-6-11(16)14(22-9(2)3)12(7-10)21-4/h6-9H,5H2,1-4H3,(H,19,23)/b17-8-. The Morgan fingerprint density at radius 3 is 2.83 bits per heavy atom. The van der Waals surface area contributed by atoms with Crippen LogP contribution in [0.2, 0.25) is 5.02 Å². The van der Waals surface area contributed by atoms with Crippen LogP contribution in [0.15, 0.2) is 17.2 Å². The first-order chi connectivity index (χ1) is 11.0. The van der Waals surface area contributed by atoms with Gasteiger partial charge in [-0.2, -0.15) is 14.9 Å². The van der Waals surface area contributed by atoms with Crippen LogP contribution in [0.3, 0.4) is 0 Å². The molecule has 0 aliphatic heterocycles. The lowest BCUT2D eigenvalue weighted by Gasteiger charge is -2.15. The number of ether oxygens (including phenoxy) is 2. The van der Waals surface area contributed by atoms with Crippen LogP contribution in [-0.4, -0.2) is 34.3 Å². The summed E-state index contributed by atoms with van der Waals surface area (Å²) in [5.41, 5.74) is 0.771. The maximum absolute atomic E-state index is 6.30. The maximum atomic E-state index is 6.30. The lowest BCUT2D eigenvalue weighted by molar-refractivity contribution is 0.230. The molecule has 0 aliphatic carbocycles. The average molecular weight is 355 g/mol. The van der Waals surface area contributed by atoms with Crippen molar-refractivity contribution in [3.05, 3.63) is 33.3 Å². The van der Waals surface area contributed by atoms with E-state index >= 15 is 0 Å². The van der Waals surface area contributed by atoms with Gasteiger partial charge in [-0.3, -0.25) is 5.10 Å². The van der Waals surface area contributed by atoms with E-state index in [4.69, 9.17) is 33.3 Å². The SMILES string of the molecule is CCc1n[nH]c(=S)n1/N=C\c1cc(Cl)c(OC(C)C)c(OC)c1. The highest BCUT2D eigenvalue weighted by atomic mass is 35.5. The van der Waals surface area contributed by atoms with Crippen LogP contribution in [0, 0.1) is 4.77 Å². The third-order valence-electron chi connectivity index (χ3n) is 2.96. The molecule has 0 saturated heterocycles. The van der Waals surface area contributed by atoms with Gasteiger partial charge in [0.25, 0.3) is 0 Å². The number of aromatic nitrogens is 3. The van der Waals surface area contributed by atoms with Crippen molar-refractivity contribution >= 4 is 30.0 Å². The highest BCUT2D eigenvalue weighted by Crippen LogP contribution is 2.36. The van der Waals surface area contributed by atoms with Gasteiger partial charge in [0.2, 0.25) is 4.77 Å². The van der Waals surface area contributed by atoms with E-state index in [-0.39, 0.29) is 6.10 Å². The molecule has 1 aromatic carbocycles. The summed E-state index contributed by atoms with van der Waals surface area (Å²) in [4.78, 5) is 0. The molecule has 0 aliphatic rings. The van der Waals surface area contributed by atoms with Crippen LogP contribution >= 0.6 is 23.8 Å². The number of hydrogen-bond acceptors (Lipinski definition) is 5. The summed E-state index contributed by atoms with van der Waals surface area (Å²) in [6.07, 6.45) is 2.37. The first-order valence-electron chi connectivity index (χ1n) is 7.21. The van der Waals surface area contributed by atoms with E-state index in [0.29, 0.717) is 21.3 Å². The van der Waals surface area contributed by atoms with E-state index < -0.39 is 0 Å². The molecule has 0 saturated carbocycles. The molecule has 0 atom stereocenters. The Balaban J connectivity index is 2.37. The number of aromatic amines is 1. The van der Waals surface area contributed by atoms with Crippen molar-refractivity contribution in [3.8, 4) is 11.5 Å². The molecule has 8 heteroatoms. The largest absolute Gasteiger partial charge is 0.493 e. The summed E-state index contributed by atoms with van der Waals surface area (Å²) in [5, 5.41) is 11.6. The fraction of sp³-hybridized carbons (Fsp3) is 0.400. The Hall–Kier alpha value is -1.86. The molecule has 1 heterocycles. The molecule has 2 aromatic rings. The fourth-order valence-corrected chi connectivity index (χ4v) is 2.42. The molecule has 124 valence electrons. The van der Waals surface area contributed by atoms with Gasteiger partial charge >= 0.3 is 0 Å². The second-order valence-corrected chi connectivity index (χ2v) is 5.85. The van der Waals surface area contributed by atoms with Gasteiger partial charge in [-0.15, -0.1) is 0 Å². The van der Waals surface area contributed by atoms with Gasteiger partial charge < -0.3 is 9.47 Å². The Bertz CT molecular complexity index is 767. The first-order valence-corrected chi connectivity index (χ1v) is 7.99. The van der Waals surface area contributed by atoms with Crippen LogP contribution in [0.25, 0.3) is 0 Å². The van der Waals surface area contributed by atoms with Crippen molar-refractivity contribution in [2.45, 2.75) is 33.3 Å². The number of rotatable bonds is 6. The van der Waals surface area contributed by atoms with Crippen LogP contribution in [0.4, 0.5) is 0 Å². The van der Waals surface area contributed by atoms with E-state index in [1.807, 2.05) is 26.8 Å². The lowest BCUT2D eigenvalue weighted by Crippen LogP contribution is -2.07. The second kappa shape index (κ2) is 7.61. The Kier molecular flexibility index (Phi) is 5.79. The highest BCUT2D eigenvalue weighted by molar-refractivity contribution is 7.71. The Morgan fingerprint density at radius 2 is 2.22 bits per heavy atom. The summed E-state index contributed by atoms with van der Waals surface area (Å²) in [6, 6.07) is 3.57. The summed E-state index contributed by atoms with van der Waals surface area (Å²) in [5.74, 6) is 1.83. The second-order valence-electron chi connectivity index (χ2n) is 5.06. The zero-order valence-electron chi connectivity index (χ0n) is 13.5. The van der Waals surface area contributed by atoms with Crippen LogP contribution in [0.1, 0.15) is 32.2 Å². The topological polar surface area (TPSA) is 64.4 Å². The lowest BCUT2D eigenvalue weighted by atomic mass is 10.2. The van der Waals surface area contributed by atoms with Crippen molar-refractivity contribution in [1.82, 2.24) is 14.9 Å². The van der Waals surface area contributed by atoms with E-state index in [1.165, 1.54) is 0 Å². The van der Waals surface area contributed by atoms with Gasteiger partial charge in [0.05, 0.1) is 24.5 Å². The van der Waals surface area contributed by atoms with E-state index in [1.54, 1.807) is 24.1 Å². The number of benzene rings is 1. The number of halogens is 1. The first kappa shape index (κ1) is 17.5. The smallest absolute Gasteiger partial charge is 0.216 e. The molecule has 0 radical (unpaired) electrons. The molecule has 0 fully saturated rings. The molecule has 0 bridgehead atoms. The molecule has 0 spiro atoms. The average Bonchev–Trinajstić information content (AvgIpc) is 2.87. The third-order valence-corrected chi connectivity index (χ3v) is 3.51. The fourth-order valence-electron chi connectivity index (χ4n) is 1.96. The Morgan fingerprint density at radius 1 is 1.48 bits per heavy atom. The van der Waals surface area contributed by atoms with Crippen LogP contribution in [-0.2, 0) is 6.42 Å². The minimum Gasteiger partial charge on any atom is -0.493 e. The number of nitrogens with zero attached hydrogens (tertiary/aromatic N) is 3. The van der Waals surface area contributed by atoms with E-state index in [9.17, 15) is 0 Å². The number of hydrogen-bond donors (Lipinski definition) is 1. The van der Waals surface area contributed by atoms with Crippen LogP contribution in [0.5, 0.6) is 11.5 Å². The molecule has 2 rings (SSSR count). The normalized spacial score (nSPS) is 11.4. The molecule has 23 heavy (non-hydrogen) atoms. The zero-order chi connectivity index (χ0) is 17.0. The van der Waals surface area contributed by atoms with Crippen molar-refractivity contribution in [2.24, 2.45) is 5.10 Å². The van der Waals surface area contributed by atoms with Crippen molar-refractivity contribution < 1.29 is 9.47 Å². The van der Waals surface area contributed by atoms with Crippen LogP contribution < -0.4 is 9.47 Å². The highest BCUT2D eigenvalue weighted by Gasteiger charge is 2.13. The Labute approximate surface area is 145 Å². The van der Waals surface area contributed by atoms with Crippen molar-refractivity contribution in [1.29, 1.82) is 0 Å². The van der Waals surface area contributed by atoms with Crippen molar-refractivity contribution in [2.75, 3.05) is 7.11 Å². The van der Waals surface area contributed by atoms with Gasteiger partial charge in [-0.1, -0.05) is 18.5 Å². The van der Waals surface area contributed by atoms with E-state index in [2.05, 4.69) is 15.3 Å². The number of H-pyrrole nitrogens is 1. The molecule has 1 aromatic heterocycles. The van der Waals surface area contributed by atoms with Gasteiger partial charge in [0.1, 0.15) is 0 Å². The number of methoxy groups -OCH3 is 1. The predicted molar refractivity (Wildman–Crippen MR) is 93.5 cm³/mol. The van der Waals surface area contributed by atoms with Gasteiger partial charge in [-0.25, -0.2) is 0 Å². The maximum Gasteiger partial charge on any atom is 0.216 e. The zero-order valence-corrected chi connectivity index (χ0v) is 15.0. The molecule has 0 amide bonds. The molecular formula is C15H19ClN4O2S. The summed E-state index contributed by atoms with van der Waals surface area (Å²) in [7, 11) is 1.57. The van der Waals surface area contributed by atoms with Gasteiger partial charge in [0.15, 0.2) is 17.3 Å². The van der Waals surface area contributed by atoms with E-state index in [0.717, 1.165) is 17.8 Å². The van der Waals surface area contributed by atoms with Gasteiger partial charge in [-0.05, 0) is 43.8 Å². The summed E-state index contributed by atoms with van der Waals surface area (Å²) < 4.78 is 13.1. The third kappa shape index (κ3) is 4.11. The number of aryl methyl sites for hydroxylation is 1. The summed E-state index contributed by atoms with van der Waals surface area (Å²) >= 11 is 11.5. The summed E-state index contributed by atoms with van der Waals surface area (Å²) in [6.45, 7) is 5.84.